The van der Waals surface area contributed by atoms with Crippen LogP contribution in [0.5, 0.6) is 11.5 Å². The quantitative estimate of drug-likeness (QED) is 0.810. The maximum Gasteiger partial charge on any atom is 0.175 e. The molecule has 1 aromatic carbocycles. The average molecular weight is 328 g/mol. The van der Waals surface area contributed by atoms with Crippen LogP contribution in [-0.2, 0) is 6.42 Å². The van der Waals surface area contributed by atoms with Gasteiger partial charge >= 0.3 is 0 Å². The molecule has 4 heteroatoms. The number of allylic oxidation sites excluding steroid dienone is 1. The summed E-state index contributed by atoms with van der Waals surface area (Å²) in [4.78, 5) is 0. The summed E-state index contributed by atoms with van der Waals surface area (Å²) in [5.74, 6) is 1.46. The largest absolute Gasteiger partial charge is 0.493 e. The van der Waals surface area contributed by atoms with Gasteiger partial charge in [0.05, 0.1) is 11.6 Å². The standard InChI is InChI=1S/C15H22BrNO2/c1-10(2)5-6-19-15-13(16)8-12(7-11(3)17)9-14(15)18-4/h5,8-9,11H,6-7,17H2,1-4H3. The lowest BCUT2D eigenvalue weighted by Gasteiger charge is -2.14. The second-order valence-electron chi connectivity index (χ2n) is 4.88. The van der Waals surface area contributed by atoms with E-state index >= 15 is 0 Å². The molecule has 0 spiro atoms. The minimum atomic E-state index is 0.119. The van der Waals surface area contributed by atoms with Crippen molar-refractivity contribution in [3.05, 3.63) is 33.8 Å². The van der Waals surface area contributed by atoms with Crippen molar-refractivity contribution in [1.29, 1.82) is 0 Å². The fourth-order valence-corrected chi connectivity index (χ4v) is 2.30. The van der Waals surface area contributed by atoms with Crippen molar-refractivity contribution in [3.8, 4) is 11.5 Å². The van der Waals surface area contributed by atoms with Gasteiger partial charge in [-0.05, 0) is 66.9 Å². The van der Waals surface area contributed by atoms with Gasteiger partial charge in [0.15, 0.2) is 11.5 Å². The third-order valence-corrected chi connectivity index (χ3v) is 3.16. The molecule has 0 aliphatic rings. The van der Waals surface area contributed by atoms with E-state index in [1.807, 2.05) is 39.0 Å². The summed E-state index contributed by atoms with van der Waals surface area (Å²) in [6.07, 6.45) is 2.84. The maximum absolute atomic E-state index is 5.82. The third-order valence-electron chi connectivity index (χ3n) is 2.57. The van der Waals surface area contributed by atoms with Crippen LogP contribution >= 0.6 is 15.9 Å². The SMILES string of the molecule is COc1cc(CC(C)N)cc(Br)c1OCC=C(C)C. The molecule has 0 aromatic heterocycles. The Labute approximate surface area is 123 Å². The summed E-state index contributed by atoms with van der Waals surface area (Å²) in [7, 11) is 1.64. The molecule has 0 aliphatic carbocycles. The zero-order valence-electron chi connectivity index (χ0n) is 12.0. The molecule has 1 atom stereocenters. The van der Waals surface area contributed by atoms with Crippen molar-refractivity contribution < 1.29 is 9.47 Å². The van der Waals surface area contributed by atoms with Gasteiger partial charge in [-0.15, -0.1) is 0 Å². The summed E-state index contributed by atoms with van der Waals surface area (Å²) in [6.45, 7) is 6.60. The number of hydrogen-bond donors (Lipinski definition) is 1. The minimum Gasteiger partial charge on any atom is -0.493 e. The number of rotatable bonds is 6. The zero-order valence-corrected chi connectivity index (χ0v) is 13.6. The second-order valence-corrected chi connectivity index (χ2v) is 5.74. The predicted molar refractivity (Wildman–Crippen MR) is 83.0 cm³/mol. The Morgan fingerprint density at radius 2 is 2.11 bits per heavy atom. The number of benzene rings is 1. The molecule has 19 heavy (non-hydrogen) atoms. The van der Waals surface area contributed by atoms with Crippen LogP contribution < -0.4 is 15.2 Å². The first-order valence-corrected chi connectivity index (χ1v) is 7.11. The maximum atomic E-state index is 5.82. The van der Waals surface area contributed by atoms with E-state index in [1.165, 1.54) is 5.57 Å². The second kappa shape index (κ2) is 7.56. The van der Waals surface area contributed by atoms with Crippen LogP contribution in [-0.4, -0.2) is 19.8 Å². The van der Waals surface area contributed by atoms with E-state index in [9.17, 15) is 0 Å². The van der Waals surface area contributed by atoms with Crippen LogP contribution in [0, 0.1) is 0 Å². The average Bonchev–Trinajstić information content (AvgIpc) is 2.30. The van der Waals surface area contributed by atoms with Crippen molar-refractivity contribution in [1.82, 2.24) is 0 Å². The Morgan fingerprint density at radius 1 is 1.42 bits per heavy atom. The Hall–Kier alpha value is -1.00. The summed E-state index contributed by atoms with van der Waals surface area (Å²) in [5, 5.41) is 0. The Kier molecular flexibility index (Phi) is 6.38. The topological polar surface area (TPSA) is 44.5 Å². The number of hydrogen-bond acceptors (Lipinski definition) is 3. The molecule has 0 radical (unpaired) electrons. The molecular formula is C15H22BrNO2. The molecule has 3 nitrogen and oxygen atoms in total. The van der Waals surface area contributed by atoms with E-state index in [0.29, 0.717) is 6.61 Å². The molecule has 106 valence electrons. The van der Waals surface area contributed by atoms with E-state index in [1.54, 1.807) is 7.11 Å². The van der Waals surface area contributed by atoms with Crippen molar-refractivity contribution in [3.63, 3.8) is 0 Å². The van der Waals surface area contributed by atoms with Crippen molar-refractivity contribution in [2.24, 2.45) is 5.73 Å². The van der Waals surface area contributed by atoms with E-state index in [0.717, 1.165) is 28.0 Å². The molecule has 1 rings (SSSR count). The number of ether oxygens (including phenoxy) is 2. The van der Waals surface area contributed by atoms with Gasteiger partial charge in [-0.1, -0.05) is 5.57 Å². The van der Waals surface area contributed by atoms with Crippen LogP contribution in [0.2, 0.25) is 0 Å². The monoisotopic (exact) mass is 327 g/mol. The molecule has 0 saturated heterocycles. The van der Waals surface area contributed by atoms with Gasteiger partial charge in [0.25, 0.3) is 0 Å². The fourth-order valence-electron chi connectivity index (χ4n) is 1.69. The van der Waals surface area contributed by atoms with Gasteiger partial charge < -0.3 is 15.2 Å². The molecule has 2 N–H and O–H groups in total. The Balaban J connectivity index is 2.94. The highest BCUT2D eigenvalue weighted by Crippen LogP contribution is 2.37. The lowest BCUT2D eigenvalue weighted by atomic mass is 10.1. The third kappa shape index (κ3) is 5.25. The first kappa shape index (κ1) is 16.1. The van der Waals surface area contributed by atoms with E-state index in [2.05, 4.69) is 15.9 Å². The molecule has 0 saturated carbocycles. The smallest absolute Gasteiger partial charge is 0.175 e. The van der Waals surface area contributed by atoms with Crippen LogP contribution in [0.3, 0.4) is 0 Å². The van der Waals surface area contributed by atoms with E-state index in [4.69, 9.17) is 15.2 Å². The highest BCUT2D eigenvalue weighted by atomic mass is 79.9. The fraction of sp³-hybridized carbons (Fsp3) is 0.467. The zero-order chi connectivity index (χ0) is 14.4. The van der Waals surface area contributed by atoms with Gasteiger partial charge in [0, 0.05) is 6.04 Å². The molecule has 1 aromatic rings. The van der Waals surface area contributed by atoms with Gasteiger partial charge in [-0.25, -0.2) is 0 Å². The highest BCUT2D eigenvalue weighted by Gasteiger charge is 2.12. The van der Waals surface area contributed by atoms with Crippen LogP contribution in [0.15, 0.2) is 28.3 Å². The van der Waals surface area contributed by atoms with Crippen molar-refractivity contribution in [2.75, 3.05) is 13.7 Å². The number of methoxy groups -OCH3 is 1. The number of nitrogens with two attached hydrogens (primary N) is 1. The van der Waals surface area contributed by atoms with Crippen LogP contribution in [0.4, 0.5) is 0 Å². The Morgan fingerprint density at radius 3 is 2.63 bits per heavy atom. The molecular weight excluding hydrogens is 306 g/mol. The first-order valence-electron chi connectivity index (χ1n) is 6.32. The summed E-state index contributed by atoms with van der Waals surface area (Å²) in [6, 6.07) is 4.13. The molecule has 0 fully saturated rings. The normalized spacial score (nSPS) is 11.9. The lowest BCUT2D eigenvalue weighted by molar-refractivity contribution is 0.323. The lowest BCUT2D eigenvalue weighted by Crippen LogP contribution is -2.17. The van der Waals surface area contributed by atoms with Crippen molar-refractivity contribution >= 4 is 15.9 Å². The minimum absolute atomic E-state index is 0.119. The summed E-state index contributed by atoms with van der Waals surface area (Å²) < 4.78 is 12.0. The molecule has 0 amide bonds. The first-order chi connectivity index (χ1) is 8.93. The van der Waals surface area contributed by atoms with E-state index < -0.39 is 0 Å². The Bertz CT molecular complexity index is 452. The summed E-state index contributed by atoms with van der Waals surface area (Å²) in [5.41, 5.74) is 8.18. The molecule has 1 unspecified atom stereocenters. The van der Waals surface area contributed by atoms with E-state index in [-0.39, 0.29) is 6.04 Å². The van der Waals surface area contributed by atoms with Gasteiger partial charge in [0.1, 0.15) is 6.61 Å². The highest BCUT2D eigenvalue weighted by molar-refractivity contribution is 9.10. The number of halogens is 1. The van der Waals surface area contributed by atoms with Gasteiger partial charge in [0.2, 0.25) is 0 Å². The molecule has 0 bridgehead atoms. The molecule has 0 heterocycles. The molecule has 0 aliphatic heterocycles. The van der Waals surface area contributed by atoms with Gasteiger partial charge in [-0.2, -0.15) is 0 Å². The van der Waals surface area contributed by atoms with Crippen LogP contribution in [0.1, 0.15) is 26.3 Å². The predicted octanol–water partition coefficient (Wildman–Crippen LogP) is 3.69. The summed E-state index contributed by atoms with van der Waals surface area (Å²) >= 11 is 3.53. The van der Waals surface area contributed by atoms with Crippen molar-refractivity contribution in [2.45, 2.75) is 33.2 Å². The van der Waals surface area contributed by atoms with Crippen LogP contribution in [0.25, 0.3) is 0 Å². The van der Waals surface area contributed by atoms with Gasteiger partial charge in [-0.3, -0.25) is 0 Å².